The van der Waals surface area contributed by atoms with Crippen LogP contribution in [0.1, 0.15) is 27.0 Å². The van der Waals surface area contributed by atoms with E-state index < -0.39 is 11.8 Å². The van der Waals surface area contributed by atoms with Crippen molar-refractivity contribution in [3.05, 3.63) is 98.7 Å². The van der Waals surface area contributed by atoms with Gasteiger partial charge in [-0.15, -0.1) is 0 Å². The summed E-state index contributed by atoms with van der Waals surface area (Å²) in [5, 5.41) is 5.95. The van der Waals surface area contributed by atoms with Crippen LogP contribution >= 0.6 is 23.2 Å². The average Bonchev–Trinajstić information content (AvgIpc) is 3.00. The predicted octanol–water partition coefficient (Wildman–Crippen LogP) is 5.95. The smallest absolute Gasteiger partial charge is 0.283 e. The minimum atomic E-state index is -0.650. The van der Waals surface area contributed by atoms with Gasteiger partial charge in [-0.2, -0.15) is 0 Å². The molecule has 8 heteroatoms. The second-order valence-corrected chi connectivity index (χ2v) is 8.86. The van der Waals surface area contributed by atoms with E-state index >= 15 is 0 Å². The lowest BCUT2D eigenvalue weighted by Crippen LogP contribution is -2.32. The number of benzene rings is 3. The fourth-order valence-corrected chi connectivity index (χ4v) is 4.06. The van der Waals surface area contributed by atoms with Crippen LogP contribution in [0.25, 0.3) is 0 Å². The molecule has 1 heterocycles. The third-order valence-electron chi connectivity index (χ3n) is 5.46. The Balaban J connectivity index is 1.56. The molecule has 0 bridgehead atoms. The molecule has 0 saturated carbocycles. The highest BCUT2D eigenvalue weighted by Gasteiger charge is 2.39. The quantitative estimate of drug-likeness (QED) is 0.430. The number of hydrogen-bond donors (Lipinski definition) is 2. The second kappa shape index (κ2) is 9.33. The molecule has 1 aliphatic heterocycles. The Labute approximate surface area is 207 Å². The molecule has 0 fully saturated rings. The van der Waals surface area contributed by atoms with Gasteiger partial charge in [0.25, 0.3) is 17.7 Å². The van der Waals surface area contributed by atoms with E-state index in [0.29, 0.717) is 33.2 Å². The van der Waals surface area contributed by atoms with E-state index in [1.165, 1.54) is 6.07 Å². The summed E-state index contributed by atoms with van der Waals surface area (Å²) in [6.07, 6.45) is 0. The Morgan fingerprint density at radius 1 is 0.853 bits per heavy atom. The summed E-state index contributed by atoms with van der Waals surface area (Å²) in [5.41, 5.74) is 4.56. The molecule has 3 aromatic rings. The number of aryl methyl sites for hydroxylation is 3. The second-order valence-electron chi connectivity index (χ2n) is 8.04. The molecule has 2 N–H and O–H groups in total. The molecule has 4 rings (SSSR count). The number of carbonyl (C=O) groups excluding carboxylic acids is 3. The third-order valence-corrected chi connectivity index (χ3v) is 6.05. The normalized spacial score (nSPS) is 13.5. The largest absolute Gasteiger partial charge is 0.350 e. The SMILES string of the molecule is Cc1ccc(NC(=O)c2cccc(NC3=C(Cl)C(=O)N(c4cc(Cl)ccc4C)C3=O)c2)c(C)c1. The monoisotopic (exact) mass is 493 g/mol. The van der Waals surface area contributed by atoms with E-state index in [9.17, 15) is 14.4 Å². The number of carbonyl (C=O) groups is 3. The lowest BCUT2D eigenvalue weighted by Gasteiger charge is -2.18. The summed E-state index contributed by atoms with van der Waals surface area (Å²) in [7, 11) is 0. The molecular formula is C26H21Cl2N3O3. The third kappa shape index (κ3) is 4.55. The maximum atomic E-state index is 13.1. The number of halogens is 2. The van der Waals surface area contributed by atoms with Crippen molar-refractivity contribution in [2.75, 3.05) is 15.5 Å². The van der Waals surface area contributed by atoms with E-state index in [-0.39, 0.29) is 16.6 Å². The molecule has 0 spiro atoms. The number of hydrogen-bond acceptors (Lipinski definition) is 4. The van der Waals surface area contributed by atoms with Crippen molar-refractivity contribution in [3.63, 3.8) is 0 Å². The predicted molar refractivity (Wildman–Crippen MR) is 135 cm³/mol. The first-order chi connectivity index (χ1) is 16.2. The van der Waals surface area contributed by atoms with E-state index in [0.717, 1.165) is 16.0 Å². The Kier molecular flexibility index (Phi) is 6.46. The zero-order valence-corrected chi connectivity index (χ0v) is 20.2. The molecular weight excluding hydrogens is 473 g/mol. The average molecular weight is 494 g/mol. The van der Waals surface area contributed by atoms with Crippen LogP contribution in [0, 0.1) is 20.8 Å². The van der Waals surface area contributed by atoms with Gasteiger partial charge in [-0.1, -0.05) is 53.0 Å². The Hall–Kier alpha value is -3.61. The topological polar surface area (TPSA) is 78.5 Å². The van der Waals surface area contributed by atoms with Crippen LogP contribution in [0.3, 0.4) is 0 Å². The van der Waals surface area contributed by atoms with Crippen molar-refractivity contribution in [1.82, 2.24) is 0 Å². The first-order valence-corrected chi connectivity index (χ1v) is 11.2. The lowest BCUT2D eigenvalue weighted by molar-refractivity contribution is -0.120. The first-order valence-electron chi connectivity index (χ1n) is 10.5. The van der Waals surface area contributed by atoms with Crippen molar-refractivity contribution >= 4 is 58.0 Å². The minimum Gasteiger partial charge on any atom is -0.350 e. The Bertz CT molecular complexity index is 1380. The molecule has 172 valence electrons. The van der Waals surface area contributed by atoms with Crippen molar-refractivity contribution < 1.29 is 14.4 Å². The molecule has 0 aliphatic carbocycles. The van der Waals surface area contributed by atoms with Gasteiger partial charge in [-0.05, 0) is 68.3 Å². The van der Waals surface area contributed by atoms with Crippen LogP contribution in [0.15, 0.2) is 71.4 Å². The first kappa shape index (κ1) is 23.5. The van der Waals surface area contributed by atoms with Crippen LogP contribution in [0.4, 0.5) is 17.1 Å². The van der Waals surface area contributed by atoms with E-state index in [2.05, 4.69) is 10.6 Å². The van der Waals surface area contributed by atoms with E-state index in [4.69, 9.17) is 23.2 Å². The maximum absolute atomic E-state index is 13.1. The highest BCUT2D eigenvalue weighted by atomic mass is 35.5. The van der Waals surface area contributed by atoms with Gasteiger partial charge in [0.1, 0.15) is 10.7 Å². The molecule has 3 amide bonds. The van der Waals surface area contributed by atoms with Gasteiger partial charge in [-0.25, -0.2) is 4.90 Å². The van der Waals surface area contributed by atoms with Gasteiger partial charge in [0, 0.05) is 22.0 Å². The number of nitrogens with zero attached hydrogens (tertiary/aromatic N) is 1. The van der Waals surface area contributed by atoms with Gasteiger partial charge in [0.05, 0.1) is 5.69 Å². The molecule has 34 heavy (non-hydrogen) atoms. The van der Waals surface area contributed by atoms with E-state index in [1.54, 1.807) is 43.3 Å². The highest BCUT2D eigenvalue weighted by molar-refractivity contribution is 6.53. The minimum absolute atomic E-state index is 0.0713. The van der Waals surface area contributed by atoms with Crippen LogP contribution in [0.2, 0.25) is 5.02 Å². The highest BCUT2D eigenvalue weighted by Crippen LogP contribution is 2.33. The van der Waals surface area contributed by atoms with Crippen molar-refractivity contribution in [3.8, 4) is 0 Å². The fourth-order valence-electron chi connectivity index (χ4n) is 3.68. The molecule has 3 aromatic carbocycles. The summed E-state index contributed by atoms with van der Waals surface area (Å²) in [5.74, 6) is -1.56. The van der Waals surface area contributed by atoms with Gasteiger partial charge >= 0.3 is 0 Å². The summed E-state index contributed by atoms with van der Waals surface area (Å²) in [6.45, 7) is 5.67. The zero-order chi connectivity index (χ0) is 24.6. The Morgan fingerprint density at radius 2 is 1.62 bits per heavy atom. The van der Waals surface area contributed by atoms with Crippen molar-refractivity contribution in [2.45, 2.75) is 20.8 Å². The number of nitrogens with one attached hydrogen (secondary N) is 2. The van der Waals surface area contributed by atoms with Gasteiger partial charge in [0.15, 0.2) is 0 Å². The zero-order valence-electron chi connectivity index (χ0n) is 18.7. The van der Waals surface area contributed by atoms with Gasteiger partial charge in [0.2, 0.25) is 0 Å². The van der Waals surface area contributed by atoms with E-state index in [1.807, 2.05) is 32.0 Å². The number of amides is 3. The summed E-state index contributed by atoms with van der Waals surface area (Å²) < 4.78 is 0. The standard InChI is InChI=1S/C26H21Cl2N3O3/c1-14-7-10-20(16(3)11-14)30-24(32)17-5-4-6-19(12-17)29-23-22(28)25(33)31(26(23)34)21-13-18(27)9-8-15(21)2/h4-13,29H,1-3H3,(H,30,32). The Morgan fingerprint density at radius 3 is 2.35 bits per heavy atom. The molecule has 6 nitrogen and oxygen atoms in total. The molecule has 0 saturated heterocycles. The summed E-state index contributed by atoms with van der Waals surface area (Å²) in [6, 6.07) is 17.3. The number of anilines is 3. The molecule has 0 aromatic heterocycles. The van der Waals surface area contributed by atoms with Crippen LogP contribution < -0.4 is 15.5 Å². The lowest BCUT2D eigenvalue weighted by atomic mass is 10.1. The van der Waals surface area contributed by atoms with Crippen LogP contribution in [-0.4, -0.2) is 17.7 Å². The summed E-state index contributed by atoms with van der Waals surface area (Å²) >= 11 is 12.3. The van der Waals surface area contributed by atoms with Crippen LogP contribution in [-0.2, 0) is 9.59 Å². The van der Waals surface area contributed by atoms with Crippen LogP contribution in [0.5, 0.6) is 0 Å². The maximum Gasteiger partial charge on any atom is 0.283 e. The molecule has 0 unspecified atom stereocenters. The molecule has 1 aliphatic rings. The molecule has 0 radical (unpaired) electrons. The van der Waals surface area contributed by atoms with Gasteiger partial charge < -0.3 is 10.6 Å². The number of imide groups is 1. The summed E-state index contributed by atoms with van der Waals surface area (Å²) in [4.78, 5) is 39.7. The number of rotatable bonds is 5. The fraction of sp³-hybridized carbons (Fsp3) is 0.115. The van der Waals surface area contributed by atoms with Crippen molar-refractivity contribution in [1.29, 1.82) is 0 Å². The molecule has 0 atom stereocenters. The van der Waals surface area contributed by atoms with Gasteiger partial charge in [-0.3, -0.25) is 14.4 Å². The van der Waals surface area contributed by atoms with Crippen molar-refractivity contribution in [2.24, 2.45) is 0 Å².